The second kappa shape index (κ2) is 10.7. The van der Waals surface area contributed by atoms with Crippen LogP contribution in [0.5, 0.6) is 23.0 Å². The van der Waals surface area contributed by atoms with Crippen LogP contribution in [0.2, 0.25) is 0 Å². The van der Waals surface area contributed by atoms with Crippen LogP contribution in [0.15, 0.2) is 42.5 Å². The number of fused-ring (bicyclic) bond motifs is 1. The van der Waals surface area contributed by atoms with E-state index in [9.17, 15) is 0 Å². The first kappa shape index (κ1) is 20.2. The first-order chi connectivity index (χ1) is 13.8. The van der Waals surface area contributed by atoms with E-state index in [-0.39, 0.29) is 6.10 Å². The van der Waals surface area contributed by atoms with Crippen LogP contribution in [0.1, 0.15) is 39.5 Å². The number of benzene rings is 2. The molecule has 0 saturated carbocycles. The Labute approximate surface area is 168 Å². The molecule has 0 saturated heterocycles. The van der Waals surface area contributed by atoms with Crippen LogP contribution in [-0.2, 0) is 0 Å². The molecular weight excluding hydrogens is 354 g/mol. The van der Waals surface area contributed by atoms with Crippen molar-refractivity contribution in [2.45, 2.75) is 45.6 Å². The first-order valence-electron chi connectivity index (χ1n) is 10.3. The minimum Gasteiger partial charge on any atom is -0.491 e. The van der Waals surface area contributed by atoms with Gasteiger partial charge in [0.25, 0.3) is 0 Å². The van der Waals surface area contributed by atoms with Crippen molar-refractivity contribution in [1.82, 2.24) is 0 Å². The third kappa shape index (κ3) is 5.47. The summed E-state index contributed by atoms with van der Waals surface area (Å²) in [6.45, 7) is 6.82. The molecule has 1 aliphatic heterocycles. The lowest BCUT2D eigenvalue weighted by Gasteiger charge is -2.27. The molecule has 1 N–H and O–H groups in total. The van der Waals surface area contributed by atoms with Gasteiger partial charge in [0.15, 0.2) is 11.5 Å². The van der Waals surface area contributed by atoms with Crippen LogP contribution in [0.3, 0.4) is 0 Å². The SMILES string of the molecule is CCCCOc1cccc(OCCCC)c1NCC1COc2ccccc2O1. The minimum absolute atomic E-state index is 0.0814. The Morgan fingerprint density at radius 3 is 2.18 bits per heavy atom. The average Bonchev–Trinajstić information content (AvgIpc) is 2.73. The zero-order valence-corrected chi connectivity index (χ0v) is 16.9. The zero-order valence-electron chi connectivity index (χ0n) is 16.9. The van der Waals surface area contributed by atoms with E-state index in [2.05, 4.69) is 19.2 Å². The van der Waals surface area contributed by atoms with E-state index < -0.39 is 0 Å². The summed E-state index contributed by atoms with van der Waals surface area (Å²) in [6, 6.07) is 13.7. The van der Waals surface area contributed by atoms with Gasteiger partial charge in [0.05, 0.1) is 19.8 Å². The quantitative estimate of drug-likeness (QED) is 0.532. The van der Waals surface area contributed by atoms with E-state index in [1.54, 1.807) is 0 Å². The summed E-state index contributed by atoms with van der Waals surface area (Å²) in [5.41, 5.74) is 0.886. The van der Waals surface area contributed by atoms with E-state index in [0.717, 1.165) is 54.4 Å². The molecule has 1 unspecified atom stereocenters. The summed E-state index contributed by atoms with van der Waals surface area (Å²) in [6.07, 6.45) is 4.17. The normalized spacial score (nSPS) is 15.1. The zero-order chi connectivity index (χ0) is 19.6. The van der Waals surface area contributed by atoms with Crippen LogP contribution < -0.4 is 24.3 Å². The maximum Gasteiger partial charge on any atom is 0.161 e. The van der Waals surface area contributed by atoms with Gasteiger partial charge in [-0.2, -0.15) is 0 Å². The molecule has 0 aliphatic carbocycles. The highest BCUT2D eigenvalue weighted by Crippen LogP contribution is 2.36. The number of rotatable bonds is 11. The van der Waals surface area contributed by atoms with E-state index >= 15 is 0 Å². The summed E-state index contributed by atoms with van der Waals surface area (Å²) in [5.74, 6) is 3.22. The topological polar surface area (TPSA) is 49.0 Å². The highest BCUT2D eigenvalue weighted by atomic mass is 16.6. The van der Waals surface area contributed by atoms with Crippen molar-refractivity contribution in [2.75, 3.05) is 31.7 Å². The second-order valence-electron chi connectivity index (χ2n) is 6.91. The predicted octanol–water partition coefficient (Wildman–Crippen LogP) is 5.30. The van der Waals surface area contributed by atoms with Crippen LogP contribution >= 0.6 is 0 Å². The molecule has 3 rings (SSSR count). The lowest BCUT2D eigenvalue weighted by molar-refractivity contribution is 0.0996. The fourth-order valence-electron chi connectivity index (χ4n) is 2.96. The molecule has 0 spiro atoms. The first-order valence-corrected chi connectivity index (χ1v) is 10.3. The number of ether oxygens (including phenoxy) is 4. The van der Waals surface area contributed by atoms with Gasteiger partial charge < -0.3 is 24.3 Å². The maximum absolute atomic E-state index is 6.06. The highest BCUT2D eigenvalue weighted by Gasteiger charge is 2.21. The van der Waals surface area contributed by atoms with Gasteiger partial charge in [-0.3, -0.25) is 0 Å². The van der Waals surface area contributed by atoms with Crippen LogP contribution in [0, 0.1) is 0 Å². The standard InChI is InChI=1S/C23H31NO4/c1-3-5-14-25-21-12-9-13-22(26-15-6-4-2)23(21)24-16-18-17-27-19-10-7-8-11-20(19)28-18/h7-13,18,24H,3-6,14-17H2,1-2H3. The van der Waals surface area contributed by atoms with Crippen molar-refractivity contribution < 1.29 is 18.9 Å². The van der Waals surface area contributed by atoms with Crippen LogP contribution in [0.4, 0.5) is 5.69 Å². The van der Waals surface area contributed by atoms with Crippen molar-refractivity contribution in [2.24, 2.45) is 0 Å². The van der Waals surface area contributed by atoms with Gasteiger partial charge in [-0.25, -0.2) is 0 Å². The van der Waals surface area contributed by atoms with Gasteiger partial charge in [-0.15, -0.1) is 0 Å². The van der Waals surface area contributed by atoms with Crippen molar-refractivity contribution >= 4 is 5.69 Å². The van der Waals surface area contributed by atoms with Gasteiger partial charge in [0, 0.05) is 0 Å². The van der Waals surface area contributed by atoms with Crippen molar-refractivity contribution in [3.63, 3.8) is 0 Å². The lowest BCUT2D eigenvalue weighted by Crippen LogP contribution is -2.35. The van der Waals surface area contributed by atoms with Gasteiger partial charge in [0.1, 0.15) is 29.9 Å². The third-order valence-electron chi connectivity index (χ3n) is 4.57. The molecule has 0 amide bonds. The monoisotopic (exact) mass is 385 g/mol. The largest absolute Gasteiger partial charge is 0.491 e. The molecule has 1 heterocycles. The summed E-state index contributed by atoms with van der Waals surface area (Å²) < 4.78 is 23.9. The van der Waals surface area contributed by atoms with Gasteiger partial charge in [0.2, 0.25) is 0 Å². The Balaban J connectivity index is 1.67. The molecule has 152 valence electrons. The smallest absolute Gasteiger partial charge is 0.161 e. The lowest BCUT2D eigenvalue weighted by atomic mass is 10.2. The van der Waals surface area contributed by atoms with E-state index in [0.29, 0.717) is 26.4 Å². The summed E-state index contributed by atoms with van der Waals surface area (Å²) in [7, 11) is 0. The van der Waals surface area contributed by atoms with E-state index in [1.807, 2.05) is 42.5 Å². The van der Waals surface area contributed by atoms with Crippen molar-refractivity contribution in [1.29, 1.82) is 0 Å². The number of unbranched alkanes of at least 4 members (excludes halogenated alkanes) is 2. The van der Waals surface area contributed by atoms with Crippen molar-refractivity contribution in [3.05, 3.63) is 42.5 Å². The Bertz CT molecular complexity index is 706. The van der Waals surface area contributed by atoms with Crippen LogP contribution in [0.25, 0.3) is 0 Å². The van der Waals surface area contributed by atoms with Crippen LogP contribution in [-0.4, -0.2) is 32.5 Å². The number of nitrogens with one attached hydrogen (secondary N) is 1. The molecular formula is C23H31NO4. The Morgan fingerprint density at radius 2 is 1.54 bits per heavy atom. The molecule has 28 heavy (non-hydrogen) atoms. The number of para-hydroxylation sites is 3. The number of hydrogen-bond acceptors (Lipinski definition) is 5. The average molecular weight is 386 g/mol. The molecule has 0 bridgehead atoms. The van der Waals surface area contributed by atoms with Gasteiger partial charge >= 0.3 is 0 Å². The molecule has 5 nitrogen and oxygen atoms in total. The fourth-order valence-corrected chi connectivity index (χ4v) is 2.96. The molecule has 5 heteroatoms. The van der Waals surface area contributed by atoms with Gasteiger partial charge in [-0.1, -0.05) is 44.9 Å². The molecule has 2 aromatic rings. The van der Waals surface area contributed by atoms with Crippen molar-refractivity contribution in [3.8, 4) is 23.0 Å². The van der Waals surface area contributed by atoms with E-state index in [4.69, 9.17) is 18.9 Å². The Hall–Kier alpha value is -2.56. The minimum atomic E-state index is -0.0814. The highest BCUT2D eigenvalue weighted by molar-refractivity contribution is 5.66. The summed E-state index contributed by atoms with van der Waals surface area (Å²) in [5, 5.41) is 3.48. The third-order valence-corrected chi connectivity index (χ3v) is 4.57. The van der Waals surface area contributed by atoms with E-state index in [1.165, 1.54) is 0 Å². The molecule has 0 aromatic heterocycles. The predicted molar refractivity (Wildman–Crippen MR) is 112 cm³/mol. The Kier molecular flexibility index (Phi) is 7.71. The molecule has 0 fully saturated rings. The summed E-state index contributed by atoms with van der Waals surface area (Å²) >= 11 is 0. The second-order valence-corrected chi connectivity index (χ2v) is 6.91. The van der Waals surface area contributed by atoms with Gasteiger partial charge in [-0.05, 0) is 37.1 Å². The maximum atomic E-state index is 6.06. The fraction of sp³-hybridized carbons (Fsp3) is 0.478. The number of anilines is 1. The molecule has 1 aliphatic rings. The Morgan fingerprint density at radius 1 is 0.893 bits per heavy atom. The molecule has 0 radical (unpaired) electrons. The summed E-state index contributed by atoms with van der Waals surface area (Å²) in [4.78, 5) is 0. The number of hydrogen-bond donors (Lipinski definition) is 1. The molecule has 2 aromatic carbocycles. The molecule has 1 atom stereocenters.